The van der Waals surface area contributed by atoms with Crippen LogP contribution >= 0.6 is 0 Å². The van der Waals surface area contributed by atoms with Gasteiger partial charge < -0.3 is 15.2 Å². The molecule has 0 saturated carbocycles. The van der Waals surface area contributed by atoms with Crippen LogP contribution in [0.4, 0.5) is 0 Å². The maximum atomic E-state index is 9.40. The molecule has 3 nitrogen and oxygen atoms in total. The first-order valence-corrected chi connectivity index (χ1v) is 6.30. The van der Waals surface area contributed by atoms with Crippen LogP contribution in [0.25, 0.3) is 0 Å². The summed E-state index contributed by atoms with van der Waals surface area (Å²) in [5, 5.41) is 12.8. The fourth-order valence-corrected chi connectivity index (χ4v) is 1.68. The molecule has 0 amide bonds. The first-order chi connectivity index (χ1) is 8.21. The summed E-state index contributed by atoms with van der Waals surface area (Å²) in [7, 11) is 0. The Bertz CT molecular complexity index is 311. The van der Waals surface area contributed by atoms with Crippen molar-refractivity contribution in [2.24, 2.45) is 0 Å². The summed E-state index contributed by atoms with van der Waals surface area (Å²) in [6, 6.07) is 8.29. The molecule has 0 aliphatic heterocycles. The van der Waals surface area contributed by atoms with Crippen LogP contribution in [-0.4, -0.2) is 24.4 Å². The lowest BCUT2D eigenvalue weighted by atomic mass is 10.1. The van der Waals surface area contributed by atoms with Crippen LogP contribution in [0.3, 0.4) is 0 Å². The van der Waals surface area contributed by atoms with E-state index in [1.54, 1.807) is 0 Å². The molecule has 0 radical (unpaired) electrons. The smallest absolute Gasteiger partial charge is 0.119 e. The molecule has 17 heavy (non-hydrogen) atoms. The van der Waals surface area contributed by atoms with Gasteiger partial charge in [-0.25, -0.2) is 0 Å². The van der Waals surface area contributed by atoms with Crippen LogP contribution in [0.1, 0.15) is 38.8 Å². The number of ether oxygens (including phenoxy) is 1. The number of rotatable bonds is 7. The molecule has 0 aromatic heterocycles. The third-order valence-corrected chi connectivity index (χ3v) is 2.87. The second-order valence-electron chi connectivity index (χ2n) is 4.21. The van der Waals surface area contributed by atoms with E-state index in [9.17, 15) is 5.11 Å². The Labute approximate surface area is 104 Å². The average Bonchev–Trinajstić information content (AvgIpc) is 2.37. The monoisotopic (exact) mass is 237 g/mol. The van der Waals surface area contributed by atoms with Gasteiger partial charge in [-0.1, -0.05) is 19.1 Å². The lowest BCUT2D eigenvalue weighted by molar-refractivity contribution is 0.234. The molecule has 0 aliphatic rings. The van der Waals surface area contributed by atoms with Crippen molar-refractivity contribution in [3.8, 4) is 5.75 Å². The molecular weight excluding hydrogens is 214 g/mol. The first-order valence-electron chi connectivity index (χ1n) is 6.30. The van der Waals surface area contributed by atoms with Gasteiger partial charge in [-0.05, 0) is 38.0 Å². The maximum absolute atomic E-state index is 9.40. The number of aliphatic hydroxyl groups is 1. The van der Waals surface area contributed by atoms with Crippen molar-refractivity contribution in [2.75, 3.05) is 13.2 Å². The number of benzene rings is 1. The van der Waals surface area contributed by atoms with Gasteiger partial charge in [-0.15, -0.1) is 0 Å². The summed E-state index contributed by atoms with van der Waals surface area (Å²) >= 11 is 0. The molecule has 1 rings (SSSR count). The van der Waals surface area contributed by atoms with E-state index in [0.717, 1.165) is 17.7 Å². The van der Waals surface area contributed by atoms with Gasteiger partial charge in [-0.3, -0.25) is 0 Å². The summed E-state index contributed by atoms with van der Waals surface area (Å²) in [5.41, 5.74) is 1.09. The molecule has 1 aromatic rings. The van der Waals surface area contributed by atoms with E-state index in [1.165, 1.54) is 0 Å². The summed E-state index contributed by atoms with van der Waals surface area (Å²) < 4.78 is 5.39. The minimum atomic E-state index is 0.000580. The third-order valence-electron chi connectivity index (χ3n) is 2.87. The van der Waals surface area contributed by atoms with Gasteiger partial charge in [0.1, 0.15) is 5.75 Å². The second-order valence-corrected chi connectivity index (χ2v) is 4.21. The molecule has 3 heteroatoms. The van der Waals surface area contributed by atoms with Gasteiger partial charge in [0.2, 0.25) is 0 Å². The first kappa shape index (κ1) is 14.0. The lowest BCUT2D eigenvalue weighted by Gasteiger charge is -2.21. The van der Waals surface area contributed by atoms with Crippen molar-refractivity contribution in [1.29, 1.82) is 0 Å². The molecule has 0 fully saturated rings. The Morgan fingerprint density at radius 3 is 2.35 bits per heavy atom. The largest absolute Gasteiger partial charge is 0.494 e. The number of hydrogen-bond acceptors (Lipinski definition) is 3. The molecule has 0 aliphatic carbocycles. The summed E-state index contributed by atoms with van der Waals surface area (Å²) in [6.07, 6.45) is 1.05. The minimum Gasteiger partial charge on any atom is -0.494 e. The van der Waals surface area contributed by atoms with E-state index in [-0.39, 0.29) is 12.6 Å². The van der Waals surface area contributed by atoms with E-state index >= 15 is 0 Å². The molecule has 2 N–H and O–H groups in total. The van der Waals surface area contributed by atoms with E-state index < -0.39 is 0 Å². The second kappa shape index (κ2) is 7.30. The highest BCUT2D eigenvalue weighted by molar-refractivity contribution is 5.29. The quantitative estimate of drug-likeness (QED) is 0.765. The average molecular weight is 237 g/mol. The molecule has 0 spiro atoms. The molecule has 0 heterocycles. The van der Waals surface area contributed by atoms with Crippen LogP contribution < -0.4 is 10.1 Å². The van der Waals surface area contributed by atoms with E-state index in [4.69, 9.17) is 4.74 Å². The zero-order chi connectivity index (χ0) is 12.7. The lowest BCUT2D eigenvalue weighted by Crippen LogP contribution is -2.32. The predicted octanol–water partition coefficient (Wildman–Crippen LogP) is 2.51. The van der Waals surface area contributed by atoms with Crippen LogP contribution in [-0.2, 0) is 0 Å². The Kier molecular flexibility index (Phi) is 6.01. The van der Waals surface area contributed by atoms with Crippen molar-refractivity contribution in [2.45, 2.75) is 39.3 Å². The van der Waals surface area contributed by atoms with Crippen LogP contribution in [0.5, 0.6) is 5.75 Å². The van der Waals surface area contributed by atoms with Crippen LogP contribution in [0.2, 0.25) is 0 Å². The van der Waals surface area contributed by atoms with Crippen LogP contribution in [0, 0.1) is 0 Å². The molecule has 96 valence electrons. The summed E-state index contributed by atoms with van der Waals surface area (Å²) in [5.74, 6) is 0.872. The summed E-state index contributed by atoms with van der Waals surface area (Å²) in [6.45, 7) is 7.00. The Morgan fingerprint density at radius 1 is 1.24 bits per heavy atom. The van der Waals surface area contributed by atoms with Gasteiger partial charge in [0.15, 0.2) is 0 Å². The third kappa shape index (κ3) is 4.36. The Morgan fingerprint density at radius 2 is 1.88 bits per heavy atom. The Hall–Kier alpha value is -1.06. The molecule has 2 atom stereocenters. The van der Waals surface area contributed by atoms with Crippen molar-refractivity contribution < 1.29 is 9.84 Å². The number of hydrogen-bond donors (Lipinski definition) is 2. The molecule has 1 aromatic carbocycles. The highest BCUT2D eigenvalue weighted by Gasteiger charge is 2.12. The fourth-order valence-electron chi connectivity index (χ4n) is 1.68. The standard InChI is InChI=1S/C14H23NO2/c1-4-11(3)15-14(10-16)12-6-8-13(9-7-12)17-5-2/h6-9,11,14-16H,4-5,10H2,1-3H3. The van der Waals surface area contributed by atoms with Crippen molar-refractivity contribution in [3.63, 3.8) is 0 Å². The molecular formula is C14H23NO2. The predicted molar refractivity (Wildman–Crippen MR) is 70.3 cm³/mol. The maximum Gasteiger partial charge on any atom is 0.119 e. The molecule has 0 bridgehead atoms. The zero-order valence-corrected chi connectivity index (χ0v) is 10.9. The highest BCUT2D eigenvalue weighted by atomic mass is 16.5. The molecule has 2 unspecified atom stereocenters. The number of aliphatic hydroxyl groups excluding tert-OH is 1. The Balaban J connectivity index is 2.68. The minimum absolute atomic E-state index is 0.000580. The van der Waals surface area contributed by atoms with Crippen molar-refractivity contribution >= 4 is 0 Å². The van der Waals surface area contributed by atoms with E-state index in [0.29, 0.717) is 12.6 Å². The van der Waals surface area contributed by atoms with Crippen LogP contribution in [0.15, 0.2) is 24.3 Å². The van der Waals surface area contributed by atoms with Crippen molar-refractivity contribution in [3.05, 3.63) is 29.8 Å². The van der Waals surface area contributed by atoms with Gasteiger partial charge >= 0.3 is 0 Å². The van der Waals surface area contributed by atoms with Gasteiger partial charge in [-0.2, -0.15) is 0 Å². The SMILES string of the molecule is CCOc1ccc(C(CO)NC(C)CC)cc1. The van der Waals surface area contributed by atoms with Gasteiger partial charge in [0, 0.05) is 6.04 Å². The van der Waals surface area contributed by atoms with E-state index in [1.807, 2.05) is 31.2 Å². The fraction of sp³-hybridized carbons (Fsp3) is 0.571. The van der Waals surface area contributed by atoms with Crippen molar-refractivity contribution in [1.82, 2.24) is 5.32 Å². The summed E-state index contributed by atoms with van der Waals surface area (Å²) in [4.78, 5) is 0. The topological polar surface area (TPSA) is 41.5 Å². The number of nitrogens with one attached hydrogen (secondary N) is 1. The van der Waals surface area contributed by atoms with Gasteiger partial charge in [0.25, 0.3) is 0 Å². The van der Waals surface area contributed by atoms with Gasteiger partial charge in [0.05, 0.1) is 19.3 Å². The molecule has 0 saturated heterocycles. The zero-order valence-electron chi connectivity index (χ0n) is 10.9. The normalized spacial score (nSPS) is 14.4. The van der Waals surface area contributed by atoms with E-state index in [2.05, 4.69) is 19.2 Å². The highest BCUT2D eigenvalue weighted by Crippen LogP contribution is 2.18.